The molecule has 1 aromatic carbocycles. The van der Waals surface area contributed by atoms with Crippen LogP contribution in [-0.4, -0.2) is 49.0 Å². The topological polar surface area (TPSA) is 98.9 Å². The summed E-state index contributed by atoms with van der Waals surface area (Å²) >= 11 is 0. The van der Waals surface area contributed by atoms with E-state index < -0.39 is 11.9 Å². The zero-order valence-electron chi connectivity index (χ0n) is 14.6. The number of hydrogen-bond acceptors (Lipinski definition) is 5. The van der Waals surface area contributed by atoms with Crippen LogP contribution in [0.2, 0.25) is 0 Å². The maximum absolute atomic E-state index is 12.1. The van der Waals surface area contributed by atoms with Crippen LogP contribution >= 0.6 is 0 Å². The van der Waals surface area contributed by atoms with Crippen molar-refractivity contribution in [1.82, 2.24) is 4.90 Å². The second-order valence-electron chi connectivity index (χ2n) is 6.23. The average Bonchev–Trinajstić information content (AvgIpc) is 2.61. The van der Waals surface area contributed by atoms with E-state index in [1.807, 2.05) is 26.0 Å². The number of benzene rings is 1. The van der Waals surface area contributed by atoms with Crippen LogP contribution in [0.25, 0.3) is 0 Å². The second-order valence-corrected chi connectivity index (χ2v) is 6.23. The number of nitrogens with two attached hydrogens (primary N) is 1. The van der Waals surface area contributed by atoms with E-state index >= 15 is 0 Å². The molecule has 0 radical (unpaired) electrons. The summed E-state index contributed by atoms with van der Waals surface area (Å²) in [5.74, 6) is -1.06. The number of aryl methyl sites for hydroxylation is 1. The van der Waals surface area contributed by atoms with Gasteiger partial charge in [0, 0.05) is 13.1 Å². The van der Waals surface area contributed by atoms with E-state index in [2.05, 4.69) is 0 Å². The van der Waals surface area contributed by atoms with Crippen LogP contribution in [0, 0.1) is 19.8 Å². The number of carbonyl (C=O) groups excluding carboxylic acids is 3. The Bertz CT molecular complexity index is 659. The molecule has 136 valence electrons. The zero-order chi connectivity index (χ0) is 18.4. The Kier molecular flexibility index (Phi) is 6.38. The average molecular weight is 348 g/mol. The largest absolute Gasteiger partial charge is 0.482 e. The first-order chi connectivity index (χ1) is 11.9. The smallest absolute Gasteiger partial charge is 0.344 e. The fourth-order valence-electron chi connectivity index (χ4n) is 2.73. The fraction of sp³-hybridized carbons (Fsp3) is 0.500. The van der Waals surface area contributed by atoms with E-state index in [-0.39, 0.29) is 31.6 Å². The van der Waals surface area contributed by atoms with Crippen molar-refractivity contribution in [2.24, 2.45) is 11.7 Å². The number of amides is 2. The van der Waals surface area contributed by atoms with Crippen LogP contribution in [0.4, 0.5) is 0 Å². The van der Waals surface area contributed by atoms with Crippen molar-refractivity contribution < 1.29 is 23.9 Å². The molecule has 1 aliphatic heterocycles. The quantitative estimate of drug-likeness (QED) is 0.772. The van der Waals surface area contributed by atoms with Crippen molar-refractivity contribution in [1.29, 1.82) is 0 Å². The van der Waals surface area contributed by atoms with Crippen LogP contribution in [0.1, 0.15) is 24.0 Å². The van der Waals surface area contributed by atoms with Crippen molar-refractivity contribution in [2.75, 3.05) is 26.3 Å². The molecule has 2 rings (SSSR count). The van der Waals surface area contributed by atoms with Crippen LogP contribution in [-0.2, 0) is 19.1 Å². The third-order valence-electron chi connectivity index (χ3n) is 4.43. The monoisotopic (exact) mass is 348 g/mol. The number of esters is 1. The lowest BCUT2D eigenvalue weighted by Crippen LogP contribution is -2.45. The van der Waals surface area contributed by atoms with E-state index in [1.54, 1.807) is 6.07 Å². The van der Waals surface area contributed by atoms with E-state index in [0.717, 1.165) is 11.1 Å². The van der Waals surface area contributed by atoms with Gasteiger partial charge in [-0.1, -0.05) is 12.1 Å². The number of rotatable bonds is 6. The molecule has 0 aliphatic carbocycles. The molecule has 25 heavy (non-hydrogen) atoms. The highest BCUT2D eigenvalue weighted by Gasteiger charge is 2.27. The van der Waals surface area contributed by atoms with Crippen LogP contribution < -0.4 is 10.5 Å². The minimum atomic E-state index is -0.613. The van der Waals surface area contributed by atoms with Crippen LogP contribution in [0.15, 0.2) is 18.2 Å². The first-order valence-electron chi connectivity index (χ1n) is 8.30. The molecule has 0 saturated carbocycles. The fourth-order valence-corrected chi connectivity index (χ4v) is 2.73. The third kappa shape index (κ3) is 5.20. The Balaban J connectivity index is 1.76. The third-order valence-corrected chi connectivity index (χ3v) is 4.43. The molecular weight excluding hydrogens is 324 g/mol. The Hall–Kier alpha value is -2.57. The summed E-state index contributed by atoms with van der Waals surface area (Å²) in [6.45, 7) is 4.06. The van der Waals surface area contributed by atoms with Crippen LogP contribution in [0.5, 0.6) is 5.75 Å². The second kappa shape index (κ2) is 8.50. The van der Waals surface area contributed by atoms with Gasteiger partial charge in [0.05, 0.1) is 5.92 Å². The number of nitrogens with zero attached hydrogens (tertiary/aromatic N) is 1. The number of ether oxygens (including phenoxy) is 2. The first kappa shape index (κ1) is 18.8. The van der Waals surface area contributed by atoms with Gasteiger partial charge in [-0.2, -0.15) is 0 Å². The predicted octanol–water partition coefficient (Wildman–Crippen LogP) is 0.949. The lowest BCUT2D eigenvalue weighted by atomic mass is 9.97. The van der Waals surface area contributed by atoms with Crippen molar-refractivity contribution in [3.63, 3.8) is 0 Å². The summed E-state index contributed by atoms with van der Waals surface area (Å²) < 4.78 is 10.4. The van der Waals surface area contributed by atoms with E-state index in [1.165, 1.54) is 4.90 Å². The molecule has 1 aromatic rings. The van der Waals surface area contributed by atoms with Gasteiger partial charge in [-0.05, 0) is 43.9 Å². The molecule has 0 unspecified atom stereocenters. The number of likely N-dealkylation sites (tertiary alicyclic amines) is 1. The molecule has 2 amide bonds. The van der Waals surface area contributed by atoms with E-state index in [0.29, 0.717) is 25.1 Å². The maximum Gasteiger partial charge on any atom is 0.344 e. The van der Waals surface area contributed by atoms with Gasteiger partial charge in [0.15, 0.2) is 13.2 Å². The van der Waals surface area contributed by atoms with Gasteiger partial charge in [0.25, 0.3) is 5.91 Å². The molecule has 0 aromatic heterocycles. The summed E-state index contributed by atoms with van der Waals surface area (Å²) in [6.07, 6.45) is 1.39. The molecular formula is C18H24N2O5. The highest BCUT2D eigenvalue weighted by atomic mass is 16.6. The number of piperidine rings is 1. The molecule has 1 heterocycles. The molecule has 7 nitrogen and oxygen atoms in total. The van der Waals surface area contributed by atoms with Gasteiger partial charge in [-0.3, -0.25) is 9.59 Å². The predicted molar refractivity (Wildman–Crippen MR) is 90.9 cm³/mol. The normalized spacial score (nSPS) is 17.0. The maximum atomic E-state index is 12.1. The van der Waals surface area contributed by atoms with Crippen molar-refractivity contribution in [3.05, 3.63) is 29.3 Å². The minimum Gasteiger partial charge on any atom is -0.482 e. The molecule has 1 saturated heterocycles. The minimum absolute atomic E-state index is 0.262. The number of hydrogen-bond donors (Lipinski definition) is 1. The van der Waals surface area contributed by atoms with Gasteiger partial charge in [-0.25, -0.2) is 4.79 Å². The van der Waals surface area contributed by atoms with Gasteiger partial charge in [0.1, 0.15) is 5.75 Å². The highest BCUT2D eigenvalue weighted by Crippen LogP contribution is 2.20. The standard InChI is InChI=1S/C18H24N2O5/c1-12-5-3-7-15(13(12)2)24-11-17(22)25-10-16(21)20-8-4-6-14(9-20)18(19)23/h3,5,7,14H,4,6,8-11H2,1-2H3,(H2,19,23)/t14-/m1/s1. The molecule has 2 N–H and O–H groups in total. The lowest BCUT2D eigenvalue weighted by Gasteiger charge is -2.31. The number of primary amides is 1. The summed E-state index contributed by atoms with van der Waals surface area (Å²) in [4.78, 5) is 36.6. The SMILES string of the molecule is Cc1cccc(OCC(=O)OCC(=O)N2CCC[C@@H](C(N)=O)C2)c1C. The Morgan fingerprint density at radius 3 is 2.72 bits per heavy atom. The molecule has 1 aliphatic rings. The molecule has 0 bridgehead atoms. The summed E-state index contributed by atoms with van der Waals surface area (Å²) in [7, 11) is 0. The molecule has 1 fully saturated rings. The highest BCUT2D eigenvalue weighted by molar-refractivity contribution is 5.82. The van der Waals surface area contributed by atoms with Gasteiger partial charge in [0.2, 0.25) is 5.91 Å². The Labute approximate surface area is 147 Å². The molecule has 1 atom stereocenters. The summed E-state index contributed by atoms with van der Waals surface area (Å²) in [5.41, 5.74) is 7.31. The van der Waals surface area contributed by atoms with Crippen LogP contribution in [0.3, 0.4) is 0 Å². The van der Waals surface area contributed by atoms with E-state index in [9.17, 15) is 14.4 Å². The summed E-state index contributed by atoms with van der Waals surface area (Å²) in [5, 5.41) is 0. The molecule has 0 spiro atoms. The van der Waals surface area contributed by atoms with Gasteiger partial charge < -0.3 is 20.1 Å². The van der Waals surface area contributed by atoms with Crippen molar-refractivity contribution in [3.8, 4) is 5.75 Å². The Morgan fingerprint density at radius 1 is 1.24 bits per heavy atom. The van der Waals surface area contributed by atoms with Crippen molar-refractivity contribution in [2.45, 2.75) is 26.7 Å². The first-order valence-corrected chi connectivity index (χ1v) is 8.30. The number of carbonyl (C=O) groups is 3. The zero-order valence-corrected chi connectivity index (χ0v) is 14.6. The lowest BCUT2D eigenvalue weighted by molar-refractivity contribution is -0.154. The van der Waals surface area contributed by atoms with Crippen molar-refractivity contribution >= 4 is 17.8 Å². The Morgan fingerprint density at radius 2 is 2.00 bits per heavy atom. The molecule has 7 heteroatoms. The summed E-state index contributed by atoms with van der Waals surface area (Å²) in [6, 6.07) is 5.58. The van der Waals surface area contributed by atoms with Gasteiger partial charge >= 0.3 is 5.97 Å². The van der Waals surface area contributed by atoms with Gasteiger partial charge in [-0.15, -0.1) is 0 Å². The van der Waals surface area contributed by atoms with E-state index in [4.69, 9.17) is 15.2 Å².